The molecule has 4 nitrogen and oxygen atoms in total. The van der Waals surface area contributed by atoms with E-state index in [9.17, 15) is 0 Å². The van der Waals surface area contributed by atoms with Gasteiger partial charge in [0.25, 0.3) is 0 Å². The molecule has 24 aromatic rings. The second-order valence-electron chi connectivity index (χ2n) is 36.0. The largest absolute Gasteiger partial charge is 0.456 e. The summed E-state index contributed by atoms with van der Waals surface area (Å²) in [6.45, 7) is 0. The van der Waals surface area contributed by atoms with Gasteiger partial charge in [-0.2, -0.15) is 0 Å². The van der Waals surface area contributed by atoms with E-state index in [2.05, 4.69) is 532 Å². The van der Waals surface area contributed by atoms with Gasteiger partial charge in [-0.1, -0.05) is 437 Å². The second kappa shape index (κ2) is 34.9. The van der Waals surface area contributed by atoms with Gasteiger partial charge in [0.2, 0.25) is 0 Å². The van der Waals surface area contributed by atoms with E-state index in [4.69, 9.17) is 8.83 Å². The van der Waals surface area contributed by atoms with Crippen LogP contribution in [0.25, 0.3) is 155 Å². The molecule has 0 fully saturated rings. The van der Waals surface area contributed by atoms with Crippen LogP contribution >= 0.6 is 0 Å². The monoisotopic (exact) mass is 1760 g/mol. The van der Waals surface area contributed by atoms with Gasteiger partial charge < -0.3 is 18.6 Å². The molecule has 0 N–H and O–H groups in total. The minimum atomic E-state index is -0.464. The molecular weight excluding hydrogens is 1670 g/mol. The standard InChI is InChI=1S/2C67H45NO/c1-4-17-46(18-5-1)47-33-35-48(36-34-47)50-19-14-25-56(43-50)68(57-26-15-20-51(44-57)52-39-42-60-59-27-11-13-32-64(59)69-65(60)45-52)55-40-37-49(38-41-55)58-29-16-31-63-66(58)61-28-10-12-30-62(61)67(63,53-21-6-2-7-22-53)54-23-8-3-9-24-54;1-4-16-46(17-5-1)47-30-32-48(33-31-47)49-34-39-55(40-35-49)68(57-23-14-18-51(44-57)52-38-43-60-59-24-11-13-29-64(59)69-65(60)45-52)56-41-36-50(37-42-56)58-26-15-28-63-66(58)61-25-10-12-27-62(61)67(63,53-19-6-2-7-20-53)54-21-8-3-9-22-54/h2*1-45H. The first-order chi connectivity index (χ1) is 68.4. The molecule has 26 rings (SSSR count). The van der Waals surface area contributed by atoms with Gasteiger partial charge in [0, 0.05) is 55.7 Å². The third-order valence-corrected chi connectivity index (χ3v) is 28.4. The minimum absolute atomic E-state index is 0.461. The summed E-state index contributed by atoms with van der Waals surface area (Å²) in [5, 5.41) is 4.52. The third kappa shape index (κ3) is 14.3. The summed E-state index contributed by atoms with van der Waals surface area (Å²) in [5.74, 6) is 0. The number of benzene rings is 22. The van der Waals surface area contributed by atoms with Crippen molar-refractivity contribution in [2.24, 2.45) is 0 Å². The lowest BCUT2D eigenvalue weighted by Crippen LogP contribution is -2.28. The van der Waals surface area contributed by atoms with E-state index in [1.807, 2.05) is 24.3 Å². The van der Waals surface area contributed by atoms with Gasteiger partial charge in [-0.15, -0.1) is 0 Å². The van der Waals surface area contributed by atoms with Crippen LogP contribution in [0.4, 0.5) is 34.1 Å². The van der Waals surface area contributed by atoms with Gasteiger partial charge in [0.15, 0.2) is 0 Å². The van der Waals surface area contributed by atoms with Crippen LogP contribution in [-0.4, -0.2) is 0 Å². The van der Waals surface area contributed by atoms with E-state index < -0.39 is 10.8 Å². The molecule has 648 valence electrons. The highest BCUT2D eigenvalue weighted by Crippen LogP contribution is 2.61. The second-order valence-corrected chi connectivity index (χ2v) is 36.0. The molecule has 0 unspecified atom stereocenters. The number of nitrogens with zero attached hydrogens (tertiary/aromatic N) is 2. The summed E-state index contributed by atoms with van der Waals surface area (Å²) < 4.78 is 12.7. The Morgan fingerprint density at radius 2 is 0.370 bits per heavy atom. The third-order valence-electron chi connectivity index (χ3n) is 28.4. The van der Waals surface area contributed by atoms with Crippen molar-refractivity contribution in [3.05, 3.63) is 590 Å². The Morgan fingerprint density at radius 3 is 0.732 bits per heavy atom. The fourth-order valence-corrected chi connectivity index (χ4v) is 22.0. The zero-order valence-corrected chi connectivity index (χ0v) is 75.7. The van der Waals surface area contributed by atoms with E-state index in [0.29, 0.717) is 0 Å². The Bertz CT molecular complexity index is 8550. The highest BCUT2D eigenvalue weighted by molar-refractivity contribution is 6.08. The molecule has 0 aliphatic heterocycles. The molecule has 0 bridgehead atoms. The summed E-state index contributed by atoms with van der Waals surface area (Å²) in [6, 6.07) is 198. The molecule has 4 heteroatoms. The number of rotatable bonds is 18. The number of furan rings is 2. The summed E-state index contributed by atoms with van der Waals surface area (Å²) >= 11 is 0. The van der Waals surface area contributed by atoms with E-state index in [1.54, 1.807) is 0 Å². The maximum Gasteiger partial charge on any atom is 0.136 e. The average Bonchev–Trinajstić information content (AvgIpc) is 1.59. The number of para-hydroxylation sites is 2. The summed E-state index contributed by atoms with van der Waals surface area (Å²) in [6.07, 6.45) is 0. The molecule has 2 aromatic heterocycles. The molecule has 0 saturated heterocycles. The molecule has 2 aliphatic carbocycles. The number of hydrogen-bond donors (Lipinski definition) is 0. The van der Waals surface area contributed by atoms with Crippen molar-refractivity contribution in [3.63, 3.8) is 0 Å². The van der Waals surface area contributed by atoms with Crippen molar-refractivity contribution in [2.45, 2.75) is 10.8 Å². The normalized spacial score (nSPS) is 12.5. The van der Waals surface area contributed by atoms with Crippen molar-refractivity contribution in [2.75, 3.05) is 9.80 Å². The lowest BCUT2D eigenvalue weighted by atomic mass is 9.67. The quantitative estimate of drug-likeness (QED) is 0.0857. The maximum absolute atomic E-state index is 6.36. The molecule has 0 amide bonds. The van der Waals surface area contributed by atoms with Gasteiger partial charge in [-0.25, -0.2) is 0 Å². The van der Waals surface area contributed by atoms with Gasteiger partial charge in [-0.05, 0) is 265 Å². The average molecular weight is 1760 g/mol. The van der Waals surface area contributed by atoms with Crippen LogP contribution in [0.2, 0.25) is 0 Å². The number of anilines is 6. The number of fused-ring (bicyclic) bond motifs is 12. The minimum Gasteiger partial charge on any atom is -0.456 e. The predicted octanol–water partition coefficient (Wildman–Crippen LogP) is 36.2. The zero-order valence-electron chi connectivity index (χ0n) is 75.7. The first-order valence-corrected chi connectivity index (χ1v) is 47.5. The molecule has 0 radical (unpaired) electrons. The van der Waals surface area contributed by atoms with Gasteiger partial charge in [0.05, 0.1) is 10.8 Å². The fourth-order valence-electron chi connectivity index (χ4n) is 22.0. The van der Waals surface area contributed by atoms with Crippen molar-refractivity contribution in [1.82, 2.24) is 0 Å². The van der Waals surface area contributed by atoms with Crippen molar-refractivity contribution < 1.29 is 8.83 Å². The fraction of sp³-hybridized carbons (Fsp3) is 0.0149. The molecule has 22 aromatic carbocycles. The van der Waals surface area contributed by atoms with Crippen molar-refractivity contribution in [3.8, 4) is 111 Å². The Hall–Kier alpha value is -18.0. The Balaban J connectivity index is 0.000000146. The molecule has 0 spiro atoms. The first-order valence-electron chi connectivity index (χ1n) is 47.5. The van der Waals surface area contributed by atoms with E-state index in [0.717, 1.165) is 106 Å². The molecule has 2 aliphatic rings. The Labute approximate surface area is 803 Å². The Kier molecular flexibility index (Phi) is 20.7. The highest BCUT2D eigenvalue weighted by Gasteiger charge is 2.49. The van der Waals surface area contributed by atoms with E-state index in [-0.39, 0.29) is 0 Å². The smallest absolute Gasteiger partial charge is 0.136 e. The zero-order chi connectivity index (χ0) is 91.5. The molecule has 0 atom stereocenters. The first kappa shape index (κ1) is 82.0. The number of hydrogen-bond acceptors (Lipinski definition) is 4. The Morgan fingerprint density at radius 1 is 0.138 bits per heavy atom. The maximum atomic E-state index is 6.36. The predicted molar refractivity (Wildman–Crippen MR) is 575 cm³/mol. The topological polar surface area (TPSA) is 32.8 Å². The van der Waals surface area contributed by atoms with Crippen LogP contribution in [0.15, 0.2) is 555 Å². The highest BCUT2D eigenvalue weighted by atomic mass is 16.3. The van der Waals surface area contributed by atoms with Crippen LogP contribution in [0.5, 0.6) is 0 Å². The molecule has 2 heterocycles. The van der Waals surface area contributed by atoms with Crippen LogP contribution in [-0.2, 0) is 10.8 Å². The van der Waals surface area contributed by atoms with E-state index in [1.165, 1.54) is 128 Å². The lowest BCUT2D eigenvalue weighted by molar-refractivity contribution is 0.668. The van der Waals surface area contributed by atoms with Gasteiger partial charge >= 0.3 is 0 Å². The lowest BCUT2D eigenvalue weighted by Gasteiger charge is -2.34. The van der Waals surface area contributed by atoms with Crippen molar-refractivity contribution >= 4 is 78.0 Å². The van der Waals surface area contributed by atoms with Gasteiger partial charge in [-0.3, -0.25) is 0 Å². The molecule has 138 heavy (non-hydrogen) atoms. The summed E-state index contributed by atoms with van der Waals surface area (Å²) in [5.41, 5.74) is 43.2. The van der Waals surface area contributed by atoms with Crippen LogP contribution in [0.3, 0.4) is 0 Å². The van der Waals surface area contributed by atoms with Gasteiger partial charge in [0.1, 0.15) is 22.3 Å². The van der Waals surface area contributed by atoms with E-state index >= 15 is 0 Å². The SMILES string of the molecule is c1ccc(-c2ccc(-c3ccc(N(c4ccc(-c5cccc6c5-c5ccccc5C6(c5ccccc5)c5ccccc5)cc4)c4cccc(-c5ccc6c(c5)oc5ccccc56)c4)cc3)cc2)cc1.c1ccc(-c2ccc(-c3cccc(N(c4ccc(-c5cccc6c5-c5ccccc5C6(c5ccccc5)c5ccccc5)cc4)c4cccc(-c5ccc6c(c5)oc5ccccc56)c4)c3)cc2)cc1. The van der Waals surface area contributed by atoms with Crippen LogP contribution in [0.1, 0.15) is 44.5 Å². The molecule has 0 saturated carbocycles. The van der Waals surface area contributed by atoms with Crippen LogP contribution < -0.4 is 9.80 Å². The summed E-state index contributed by atoms with van der Waals surface area (Å²) in [4.78, 5) is 4.76. The van der Waals surface area contributed by atoms with Crippen molar-refractivity contribution in [1.29, 1.82) is 0 Å². The molecular formula is C134H90N2O2. The summed E-state index contributed by atoms with van der Waals surface area (Å²) in [7, 11) is 0. The van der Waals surface area contributed by atoms with Crippen LogP contribution in [0, 0.1) is 0 Å².